The Hall–Kier alpha value is -1.87. The maximum atomic E-state index is 12.5. The van der Waals surface area contributed by atoms with Crippen LogP contribution in [-0.2, 0) is 0 Å². The first-order valence-corrected chi connectivity index (χ1v) is 6.99. The number of benzene rings is 1. The molecule has 2 aromatic rings. The molecule has 0 amide bonds. The maximum absolute atomic E-state index is 12.5. The number of carbonyl (C=O) groups excluding carboxylic acids is 1. The van der Waals surface area contributed by atoms with Gasteiger partial charge in [0.1, 0.15) is 10.9 Å². The average molecular weight is 290 g/mol. The van der Waals surface area contributed by atoms with E-state index in [1.165, 1.54) is 0 Å². The van der Waals surface area contributed by atoms with Gasteiger partial charge in [0.2, 0.25) is 5.78 Å². The van der Waals surface area contributed by atoms with Crippen LogP contribution < -0.4 is 4.74 Å². The van der Waals surface area contributed by atoms with Crippen molar-refractivity contribution in [3.05, 3.63) is 58.9 Å². The van der Waals surface area contributed by atoms with Crippen LogP contribution in [0.1, 0.15) is 35.8 Å². The van der Waals surface area contributed by atoms with Crippen LogP contribution in [-0.4, -0.2) is 17.4 Å². The fourth-order valence-corrected chi connectivity index (χ4v) is 1.90. The van der Waals surface area contributed by atoms with E-state index in [0.717, 1.165) is 12.8 Å². The Morgan fingerprint density at radius 1 is 1.20 bits per heavy atom. The number of unbranched alkanes of at least 4 members (excludes halogenated alkanes) is 1. The molecule has 0 bridgehead atoms. The van der Waals surface area contributed by atoms with Gasteiger partial charge in [-0.15, -0.1) is 0 Å². The molecule has 0 unspecified atom stereocenters. The van der Waals surface area contributed by atoms with Crippen LogP contribution in [0.5, 0.6) is 5.75 Å². The highest BCUT2D eigenvalue weighted by Crippen LogP contribution is 2.22. The van der Waals surface area contributed by atoms with Crippen molar-refractivity contribution in [3.8, 4) is 5.75 Å². The van der Waals surface area contributed by atoms with Crippen LogP contribution >= 0.6 is 11.6 Å². The van der Waals surface area contributed by atoms with Crippen molar-refractivity contribution in [2.24, 2.45) is 0 Å². The van der Waals surface area contributed by atoms with Crippen LogP contribution in [0.25, 0.3) is 0 Å². The summed E-state index contributed by atoms with van der Waals surface area (Å²) in [5.74, 6) is 0.302. The van der Waals surface area contributed by atoms with Crippen molar-refractivity contribution in [3.63, 3.8) is 0 Å². The molecule has 3 nitrogen and oxygen atoms in total. The van der Waals surface area contributed by atoms with Gasteiger partial charge < -0.3 is 4.74 Å². The molecule has 4 heteroatoms. The summed E-state index contributed by atoms with van der Waals surface area (Å²) >= 11 is 5.89. The van der Waals surface area contributed by atoms with Crippen LogP contribution in [0.15, 0.2) is 42.5 Å². The number of aromatic nitrogens is 1. The first-order valence-electron chi connectivity index (χ1n) is 6.61. The highest BCUT2D eigenvalue weighted by Gasteiger charge is 2.17. The summed E-state index contributed by atoms with van der Waals surface area (Å²) < 4.78 is 5.63. The molecular weight excluding hydrogens is 274 g/mol. The van der Waals surface area contributed by atoms with E-state index in [9.17, 15) is 4.79 Å². The predicted octanol–water partition coefficient (Wildman–Crippen LogP) is 4.14. The molecule has 0 spiro atoms. The van der Waals surface area contributed by atoms with Gasteiger partial charge in [-0.1, -0.05) is 55.3 Å². The van der Waals surface area contributed by atoms with Crippen molar-refractivity contribution in [2.75, 3.05) is 6.61 Å². The van der Waals surface area contributed by atoms with Crippen molar-refractivity contribution < 1.29 is 9.53 Å². The molecular formula is C16H16ClNO2. The molecule has 1 heterocycles. The molecule has 0 atom stereocenters. The molecule has 0 aliphatic carbocycles. The molecule has 0 saturated heterocycles. The Bertz CT molecular complexity index is 584. The minimum atomic E-state index is -0.181. The maximum Gasteiger partial charge on any atom is 0.215 e. The summed E-state index contributed by atoms with van der Waals surface area (Å²) in [6.45, 7) is 2.65. The van der Waals surface area contributed by atoms with E-state index in [4.69, 9.17) is 16.3 Å². The smallest absolute Gasteiger partial charge is 0.215 e. The lowest BCUT2D eigenvalue weighted by Crippen LogP contribution is -2.09. The highest BCUT2D eigenvalue weighted by molar-refractivity contribution is 6.29. The molecule has 0 aliphatic heterocycles. The second-order valence-corrected chi connectivity index (χ2v) is 4.77. The molecule has 0 N–H and O–H groups in total. The molecule has 1 aromatic carbocycles. The lowest BCUT2D eigenvalue weighted by molar-refractivity contribution is 0.103. The number of ketones is 1. The van der Waals surface area contributed by atoms with Crippen LogP contribution in [0, 0.1) is 0 Å². The van der Waals surface area contributed by atoms with Crippen molar-refractivity contribution >= 4 is 17.4 Å². The van der Waals surface area contributed by atoms with Gasteiger partial charge >= 0.3 is 0 Å². The summed E-state index contributed by atoms with van der Waals surface area (Å²) in [4.78, 5) is 16.6. The van der Waals surface area contributed by atoms with Gasteiger partial charge in [0, 0.05) is 5.56 Å². The van der Waals surface area contributed by atoms with Crippen molar-refractivity contribution in [1.29, 1.82) is 0 Å². The summed E-state index contributed by atoms with van der Waals surface area (Å²) in [5.41, 5.74) is 0.836. The Morgan fingerprint density at radius 2 is 1.95 bits per heavy atom. The summed E-state index contributed by atoms with van der Waals surface area (Å²) in [6, 6.07) is 12.3. The zero-order valence-electron chi connectivity index (χ0n) is 11.3. The number of rotatable bonds is 6. The minimum Gasteiger partial charge on any atom is -0.491 e. The fraction of sp³-hybridized carbons (Fsp3) is 0.250. The number of pyridine rings is 1. The topological polar surface area (TPSA) is 39.2 Å². The second-order valence-electron chi connectivity index (χ2n) is 4.38. The largest absolute Gasteiger partial charge is 0.491 e. The number of nitrogens with zero attached hydrogens (tertiary/aromatic N) is 1. The molecule has 2 rings (SSSR count). The average Bonchev–Trinajstić information content (AvgIpc) is 2.49. The Morgan fingerprint density at radius 3 is 2.65 bits per heavy atom. The molecule has 0 radical (unpaired) electrons. The predicted molar refractivity (Wildman–Crippen MR) is 79.5 cm³/mol. The third kappa shape index (κ3) is 3.58. The van der Waals surface area contributed by atoms with Gasteiger partial charge in [-0.3, -0.25) is 4.79 Å². The minimum absolute atomic E-state index is 0.181. The van der Waals surface area contributed by atoms with Crippen molar-refractivity contribution in [1.82, 2.24) is 4.98 Å². The molecule has 1 aromatic heterocycles. The number of hydrogen-bond donors (Lipinski definition) is 0. The highest BCUT2D eigenvalue weighted by atomic mass is 35.5. The zero-order chi connectivity index (χ0) is 14.4. The van der Waals surface area contributed by atoms with Crippen LogP contribution in [0.2, 0.25) is 5.15 Å². The monoisotopic (exact) mass is 289 g/mol. The Labute approximate surface area is 123 Å². The second kappa shape index (κ2) is 7.06. The molecule has 0 fully saturated rings. The van der Waals surface area contributed by atoms with E-state index in [2.05, 4.69) is 11.9 Å². The van der Waals surface area contributed by atoms with Gasteiger partial charge in [-0.25, -0.2) is 4.98 Å². The van der Waals surface area contributed by atoms with E-state index >= 15 is 0 Å². The van der Waals surface area contributed by atoms with Crippen molar-refractivity contribution in [2.45, 2.75) is 19.8 Å². The quantitative estimate of drug-likeness (QED) is 0.456. The van der Waals surface area contributed by atoms with Crippen LogP contribution in [0.3, 0.4) is 0 Å². The number of ether oxygens (including phenoxy) is 1. The lowest BCUT2D eigenvalue weighted by Gasteiger charge is -2.10. The summed E-state index contributed by atoms with van der Waals surface area (Å²) in [7, 11) is 0. The van der Waals surface area contributed by atoms with Gasteiger partial charge in [0.05, 0.1) is 6.61 Å². The van der Waals surface area contributed by atoms with Gasteiger partial charge in [-0.05, 0) is 18.6 Å². The summed E-state index contributed by atoms with van der Waals surface area (Å²) in [5, 5.41) is 0.284. The SMILES string of the molecule is CCCCOc1ccc(Cl)nc1C(=O)c1ccccc1. The lowest BCUT2D eigenvalue weighted by atomic mass is 10.1. The van der Waals surface area contributed by atoms with Gasteiger partial charge in [0.25, 0.3) is 0 Å². The molecule has 20 heavy (non-hydrogen) atoms. The van der Waals surface area contributed by atoms with Gasteiger partial charge in [0.15, 0.2) is 5.69 Å². The standard InChI is InChI=1S/C16H16ClNO2/c1-2-3-11-20-13-9-10-14(17)18-15(13)16(19)12-7-5-4-6-8-12/h4-10H,2-3,11H2,1H3. The fourth-order valence-electron chi connectivity index (χ4n) is 1.75. The zero-order valence-corrected chi connectivity index (χ0v) is 12.1. The first kappa shape index (κ1) is 14.5. The van der Waals surface area contributed by atoms with E-state index in [0.29, 0.717) is 17.9 Å². The third-order valence-electron chi connectivity index (χ3n) is 2.83. The van der Waals surface area contributed by atoms with E-state index in [-0.39, 0.29) is 16.6 Å². The molecule has 0 aliphatic rings. The van der Waals surface area contributed by atoms with Gasteiger partial charge in [-0.2, -0.15) is 0 Å². The van der Waals surface area contributed by atoms with E-state index < -0.39 is 0 Å². The summed E-state index contributed by atoms with van der Waals surface area (Å²) in [6.07, 6.45) is 1.96. The number of carbonyl (C=O) groups is 1. The Kier molecular flexibility index (Phi) is 5.13. The first-order chi connectivity index (χ1) is 9.72. The molecule has 104 valence electrons. The van der Waals surface area contributed by atoms with Crippen LogP contribution in [0.4, 0.5) is 0 Å². The third-order valence-corrected chi connectivity index (χ3v) is 3.04. The normalized spacial score (nSPS) is 10.3. The Balaban J connectivity index is 2.29. The molecule has 0 saturated carbocycles. The van der Waals surface area contributed by atoms with E-state index in [1.807, 2.05) is 18.2 Å². The number of halogens is 1. The van der Waals surface area contributed by atoms with E-state index in [1.54, 1.807) is 24.3 Å². The number of hydrogen-bond acceptors (Lipinski definition) is 3.